The number of benzene rings is 1. The van der Waals surface area contributed by atoms with E-state index in [-0.39, 0.29) is 5.56 Å². The second kappa shape index (κ2) is 5.73. The molecule has 3 rings (SSSR count). The van der Waals surface area contributed by atoms with Crippen LogP contribution < -0.4 is 5.56 Å². The molecule has 2 heterocycles. The van der Waals surface area contributed by atoms with Gasteiger partial charge in [-0.05, 0) is 37.1 Å². The summed E-state index contributed by atoms with van der Waals surface area (Å²) in [6, 6.07) is 9.99. The fourth-order valence-corrected chi connectivity index (χ4v) is 3.57. The molecule has 108 valence electrons. The maximum atomic E-state index is 12.7. The van der Waals surface area contributed by atoms with Gasteiger partial charge in [0.2, 0.25) is 0 Å². The number of aromatic nitrogens is 2. The van der Waals surface area contributed by atoms with E-state index in [9.17, 15) is 4.79 Å². The predicted molar refractivity (Wildman–Crippen MR) is 91.2 cm³/mol. The van der Waals surface area contributed by atoms with Gasteiger partial charge < -0.3 is 0 Å². The Morgan fingerprint density at radius 3 is 2.67 bits per heavy atom. The third-order valence-corrected chi connectivity index (χ3v) is 5.20. The molecule has 0 N–H and O–H groups in total. The lowest BCUT2D eigenvalue weighted by molar-refractivity contribution is 0.714. The third kappa shape index (κ3) is 2.80. The van der Waals surface area contributed by atoms with Crippen molar-refractivity contribution in [3.05, 3.63) is 61.4 Å². The molecule has 0 unspecified atom stereocenters. The molecule has 0 fully saturated rings. The summed E-state index contributed by atoms with van der Waals surface area (Å²) in [6.07, 6.45) is 0.937. The van der Waals surface area contributed by atoms with E-state index in [1.54, 1.807) is 15.9 Å². The molecule has 0 amide bonds. The van der Waals surface area contributed by atoms with Gasteiger partial charge in [0.25, 0.3) is 5.56 Å². The molecule has 0 saturated heterocycles. The maximum absolute atomic E-state index is 12.7. The molecule has 5 heteroatoms. The summed E-state index contributed by atoms with van der Waals surface area (Å²) < 4.78 is 2.78. The van der Waals surface area contributed by atoms with Crippen molar-refractivity contribution < 1.29 is 0 Å². The number of aryl methyl sites for hydroxylation is 2. The van der Waals surface area contributed by atoms with Crippen molar-refractivity contribution >= 4 is 37.5 Å². The van der Waals surface area contributed by atoms with Crippen LogP contribution in [0.4, 0.5) is 0 Å². The van der Waals surface area contributed by atoms with E-state index in [0.29, 0.717) is 6.54 Å². The summed E-state index contributed by atoms with van der Waals surface area (Å²) in [5.74, 6) is 0.764. The first kappa shape index (κ1) is 14.5. The van der Waals surface area contributed by atoms with Gasteiger partial charge in [-0.25, -0.2) is 4.98 Å². The highest BCUT2D eigenvalue weighted by atomic mass is 79.9. The first-order valence-electron chi connectivity index (χ1n) is 6.82. The molecule has 0 radical (unpaired) electrons. The van der Waals surface area contributed by atoms with Crippen molar-refractivity contribution in [3.8, 4) is 0 Å². The smallest absolute Gasteiger partial charge is 0.262 e. The number of nitrogens with zero attached hydrogens (tertiary/aromatic N) is 2. The fraction of sp³-hybridized carbons (Fsp3) is 0.250. The zero-order valence-electron chi connectivity index (χ0n) is 11.9. The summed E-state index contributed by atoms with van der Waals surface area (Å²) in [4.78, 5) is 19.3. The minimum absolute atomic E-state index is 0.0522. The SMILES string of the molecule is CCc1cc2c(=O)n(Cc3ccc(Br)cc3)c(C)nc2s1. The molecule has 2 aromatic heterocycles. The number of hydrogen-bond donors (Lipinski definition) is 0. The summed E-state index contributed by atoms with van der Waals surface area (Å²) >= 11 is 5.04. The highest BCUT2D eigenvalue weighted by Crippen LogP contribution is 2.22. The molecule has 0 aliphatic rings. The van der Waals surface area contributed by atoms with Gasteiger partial charge in [0.15, 0.2) is 0 Å². The molecule has 0 saturated carbocycles. The van der Waals surface area contributed by atoms with Crippen LogP contribution in [-0.4, -0.2) is 9.55 Å². The van der Waals surface area contributed by atoms with Crippen LogP contribution in [0.5, 0.6) is 0 Å². The second-order valence-corrected chi connectivity index (χ2v) is 6.99. The highest BCUT2D eigenvalue weighted by Gasteiger charge is 2.11. The number of thiophene rings is 1. The molecule has 1 aromatic carbocycles. The molecule has 0 bridgehead atoms. The van der Waals surface area contributed by atoms with E-state index in [0.717, 1.165) is 32.5 Å². The topological polar surface area (TPSA) is 34.9 Å². The molecule has 0 atom stereocenters. The van der Waals surface area contributed by atoms with Gasteiger partial charge in [-0.1, -0.05) is 35.0 Å². The summed E-state index contributed by atoms with van der Waals surface area (Å²) in [7, 11) is 0. The van der Waals surface area contributed by atoms with Crippen molar-refractivity contribution in [2.24, 2.45) is 0 Å². The van der Waals surface area contributed by atoms with Crippen molar-refractivity contribution in [2.75, 3.05) is 0 Å². The maximum Gasteiger partial charge on any atom is 0.262 e. The van der Waals surface area contributed by atoms with E-state index in [1.165, 1.54) is 4.88 Å². The van der Waals surface area contributed by atoms with Gasteiger partial charge in [0.1, 0.15) is 10.7 Å². The Morgan fingerprint density at radius 2 is 2.00 bits per heavy atom. The van der Waals surface area contributed by atoms with Crippen LogP contribution in [0.1, 0.15) is 23.2 Å². The van der Waals surface area contributed by atoms with Gasteiger partial charge in [0, 0.05) is 9.35 Å². The number of rotatable bonds is 3. The molecular formula is C16H15BrN2OS. The Balaban J connectivity index is 2.09. The van der Waals surface area contributed by atoms with Crippen LogP contribution in [0.25, 0.3) is 10.2 Å². The summed E-state index contributed by atoms with van der Waals surface area (Å²) in [6.45, 7) is 4.54. The van der Waals surface area contributed by atoms with Crippen LogP contribution in [-0.2, 0) is 13.0 Å². The predicted octanol–water partition coefficient (Wildman–Crippen LogP) is 4.14. The van der Waals surface area contributed by atoms with Crippen molar-refractivity contribution in [3.63, 3.8) is 0 Å². The molecule has 3 aromatic rings. The van der Waals surface area contributed by atoms with Gasteiger partial charge in [-0.15, -0.1) is 11.3 Å². The molecular weight excluding hydrogens is 348 g/mol. The molecule has 0 spiro atoms. The standard InChI is InChI=1S/C16H15BrN2OS/c1-3-13-8-14-15(21-13)18-10(2)19(16(14)20)9-11-4-6-12(17)7-5-11/h4-8H,3,9H2,1-2H3. The number of halogens is 1. The first-order valence-corrected chi connectivity index (χ1v) is 8.43. The van der Waals surface area contributed by atoms with Crippen LogP contribution in [0.2, 0.25) is 0 Å². The molecule has 0 aliphatic carbocycles. The highest BCUT2D eigenvalue weighted by molar-refractivity contribution is 9.10. The van der Waals surface area contributed by atoms with E-state index in [1.807, 2.05) is 37.3 Å². The van der Waals surface area contributed by atoms with Crippen molar-refractivity contribution in [2.45, 2.75) is 26.8 Å². The number of hydrogen-bond acceptors (Lipinski definition) is 3. The monoisotopic (exact) mass is 362 g/mol. The lowest BCUT2D eigenvalue weighted by Crippen LogP contribution is -2.23. The molecule has 0 aliphatic heterocycles. The third-order valence-electron chi connectivity index (χ3n) is 3.50. The fourth-order valence-electron chi connectivity index (χ4n) is 2.30. The minimum Gasteiger partial charge on any atom is -0.292 e. The second-order valence-electron chi connectivity index (χ2n) is 4.96. The quantitative estimate of drug-likeness (QED) is 0.701. The number of fused-ring (bicyclic) bond motifs is 1. The Kier molecular flexibility index (Phi) is 3.95. The van der Waals surface area contributed by atoms with Gasteiger partial charge in [-0.2, -0.15) is 0 Å². The Labute approximate surface area is 135 Å². The normalized spacial score (nSPS) is 11.2. The largest absolute Gasteiger partial charge is 0.292 e. The van der Waals surface area contributed by atoms with Crippen LogP contribution in [0.15, 0.2) is 39.6 Å². The van der Waals surface area contributed by atoms with Crippen LogP contribution >= 0.6 is 27.3 Å². The minimum atomic E-state index is 0.0522. The van der Waals surface area contributed by atoms with E-state index in [2.05, 4.69) is 27.8 Å². The van der Waals surface area contributed by atoms with Crippen LogP contribution in [0.3, 0.4) is 0 Å². The Morgan fingerprint density at radius 1 is 1.29 bits per heavy atom. The lowest BCUT2D eigenvalue weighted by Gasteiger charge is -2.09. The van der Waals surface area contributed by atoms with E-state index < -0.39 is 0 Å². The van der Waals surface area contributed by atoms with Gasteiger partial charge >= 0.3 is 0 Å². The van der Waals surface area contributed by atoms with Crippen molar-refractivity contribution in [1.82, 2.24) is 9.55 Å². The first-order chi connectivity index (χ1) is 10.1. The average Bonchev–Trinajstić information content (AvgIpc) is 2.88. The van der Waals surface area contributed by atoms with E-state index >= 15 is 0 Å². The van der Waals surface area contributed by atoms with Gasteiger partial charge in [-0.3, -0.25) is 9.36 Å². The zero-order chi connectivity index (χ0) is 15.0. The van der Waals surface area contributed by atoms with Crippen molar-refractivity contribution in [1.29, 1.82) is 0 Å². The molecule has 21 heavy (non-hydrogen) atoms. The molecule has 3 nitrogen and oxygen atoms in total. The lowest BCUT2D eigenvalue weighted by atomic mass is 10.2. The summed E-state index contributed by atoms with van der Waals surface area (Å²) in [5.41, 5.74) is 1.15. The summed E-state index contributed by atoms with van der Waals surface area (Å²) in [5, 5.41) is 0.736. The average molecular weight is 363 g/mol. The Hall–Kier alpha value is -1.46. The van der Waals surface area contributed by atoms with E-state index in [4.69, 9.17) is 0 Å². The zero-order valence-corrected chi connectivity index (χ0v) is 14.3. The van der Waals surface area contributed by atoms with Crippen LogP contribution in [0, 0.1) is 6.92 Å². The van der Waals surface area contributed by atoms with Gasteiger partial charge in [0.05, 0.1) is 11.9 Å². The Bertz CT molecular complexity index is 849.